The molecule has 0 aromatic carbocycles. The molecule has 0 aliphatic heterocycles. The molecule has 104 valence electrons. The van der Waals surface area contributed by atoms with Gasteiger partial charge in [0.25, 0.3) is 0 Å². The van der Waals surface area contributed by atoms with Crippen molar-refractivity contribution in [1.82, 2.24) is 0 Å². The van der Waals surface area contributed by atoms with Gasteiger partial charge >= 0.3 is 130 Å². The SMILES string of the molecule is CCCCCCCCCC[CH]([Na])COS(=O)(=O)O. The molecular formula is C12H25NaO4S. The van der Waals surface area contributed by atoms with Crippen molar-refractivity contribution in [1.29, 1.82) is 0 Å². The van der Waals surface area contributed by atoms with Crippen LogP contribution < -0.4 is 0 Å². The summed E-state index contributed by atoms with van der Waals surface area (Å²) in [6, 6.07) is 0. The van der Waals surface area contributed by atoms with Crippen molar-refractivity contribution in [3.8, 4) is 0 Å². The molecule has 0 aliphatic carbocycles. The van der Waals surface area contributed by atoms with Crippen molar-refractivity contribution in [3.05, 3.63) is 0 Å². The molecule has 0 aromatic heterocycles. The Morgan fingerprint density at radius 3 is 2.06 bits per heavy atom. The molecule has 1 unspecified atom stereocenters. The summed E-state index contributed by atoms with van der Waals surface area (Å²) < 4.78 is 33.9. The van der Waals surface area contributed by atoms with Crippen LogP contribution in [0.1, 0.15) is 64.7 Å². The molecule has 6 heteroatoms. The van der Waals surface area contributed by atoms with E-state index in [2.05, 4.69) is 11.1 Å². The van der Waals surface area contributed by atoms with Gasteiger partial charge in [0, 0.05) is 0 Å². The van der Waals surface area contributed by atoms with E-state index in [0.717, 1.165) is 40.8 Å². The van der Waals surface area contributed by atoms with Gasteiger partial charge in [-0.15, -0.1) is 0 Å². The van der Waals surface area contributed by atoms with Gasteiger partial charge in [-0.3, -0.25) is 0 Å². The zero-order chi connectivity index (χ0) is 13.9. The fourth-order valence-electron chi connectivity index (χ4n) is 1.91. The summed E-state index contributed by atoms with van der Waals surface area (Å²) in [5.74, 6) is 0. The van der Waals surface area contributed by atoms with Crippen LogP contribution in [0.3, 0.4) is 0 Å². The van der Waals surface area contributed by atoms with Crippen molar-refractivity contribution in [2.75, 3.05) is 6.61 Å². The Hall–Kier alpha value is 0.870. The first-order chi connectivity index (χ1) is 8.45. The minimum atomic E-state index is -4.25. The molecule has 4 nitrogen and oxygen atoms in total. The molecule has 0 aromatic rings. The number of hydrogen-bond donors (Lipinski definition) is 1. The zero-order valence-corrected chi connectivity index (χ0v) is 14.5. The molecule has 0 saturated heterocycles. The van der Waals surface area contributed by atoms with Crippen LogP contribution in [0.25, 0.3) is 0 Å². The van der Waals surface area contributed by atoms with Gasteiger partial charge in [0.05, 0.1) is 0 Å². The van der Waals surface area contributed by atoms with Gasteiger partial charge in [-0.25, -0.2) is 0 Å². The predicted octanol–water partition coefficient (Wildman–Crippen LogP) is 3.29. The average molecular weight is 288 g/mol. The average Bonchev–Trinajstić information content (AvgIpc) is 2.29. The minimum absolute atomic E-state index is 0.140. The number of unbranched alkanes of at least 4 members (excludes halogenated alkanes) is 7. The van der Waals surface area contributed by atoms with E-state index in [1.165, 1.54) is 44.9 Å². The normalized spacial score (nSPS) is 13.8. The van der Waals surface area contributed by atoms with E-state index in [1.807, 2.05) is 0 Å². The molecule has 0 aliphatic rings. The Balaban J connectivity index is 3.28. The molecule has 0 saturated carbocycles. The molecule has 18 heavy (non-hydrogen) atoms. The molecule has 0 amide bonds. The first-order valence-corrected chi connectivity index (χ1v) is 9.59. The molecule has 0 fully saturated rings. The van der Waals surface area contributed by atoms with E-state index in [-0.39, 0.29) is 6.61 Å². The van der Waals surface area contributed by atoms with Crippen LogP contribution in [0.2, 0.25) is 3.17 Å². The van der Waals surface area contributed by atoms with Gasteiger partial charge in [-0.05, 0) is 0 Å². The van der Waals surface area contributed by atoms with E-state index in [4.69, 9.17) is 4.55 Å². The molecule has 0 radical (unpaired) electrons. The summed E-state index contributed by atoms with van der Waals surface area (Å²) in [4.78, 5) is 0. The van der Waals surface area contributed by atoms with Crippen LogP contribution in [0.5, 0.6) is 0 Å². The van der Waals surface area contributed by atoms with Crippen LogP contribution in [-0.4, -0.2) is 47.5 Å². The Kier molecular flexibility index (Phi) is 12.2. The summed E-state index contributed by atoms with van der Waals surface area (Å²) >= 11 is 0.903. The van der Waals surface area contributed by atoms with Crippen LogP contribution in [0, 0.1) is 0 Å². The molecular weight excluding hydrogens is 263 g/mol. The second kappa shape index (κ2) is 11.7. The summed E-state index contributed by atoms with van der Waals surface area (Å²) in [6.45, 7) is 2.36. The van der Waals surface area contributed by atoms with Gasteiger partial charge in [0.15, 0.2) is 0 Å². The van der Waals surface area contributed by atoms with Crippen LogP contribution in [0.4, 0.5) is 0 Å². The predicted molar refractivity (Wildman–Crippen MR) is 74.2 cm³/mol. The first-order valence-electron chi connectivity index (χ1n) is 7.07. The fourth-order valence-corrected chi connectivity index (χ4v) is 3.13. The Morgan fingerprint density at radius 1 is 1.06 bits per heavy atom. The van der Waals surface area contributed by atoms with Crippen LogP contribution >= 0.6 is 0 Å². The van der Waals surface area contributed by atoms with Gasteiger partial charge in [0.2, 0.25) is 0 Å². The molecule has 0 bridgehead atoms. The Morgan fingerprint density at radius 2 is 1.56 bits per heavy atom. The van der Waals surface area contributed by atoms with E-state index < -0.39 is 10.4 Å². The Bertz CT molecular complexity index is 280. The van der Waals surface area contributed by atoms with Gasteiger partial charge in [-0.2, -0.15) is 0 Å². The first kappa shape index (κ1) is 18.9. The fraction of sp³-hybridized carbons (Fsp3) is 1.00. The van der Waals surface area contributed by atoms with E-state index >= 15 is 0 Å². The van der Waals surface area contributed by atoms with E-state index in [9.17, 15) is 8.42 Å². The standard InChI is InChI=1S/C12H25O4S.Na/c1-2-3-4-5-6-7-8-9-10-11-12-16-17(13,14)15;/h11H,2-10,12H2,1H3,(H,13,14,15);. The third kappa shape index (κ3) is 14.9. The second-order valence-electron chi connectivity index (χ2n) is 5.08. The van der Waals surface area contributed by atoms with Crippen molar-refractivity contribution < 1.29 is 17.2 Å². The van der Waals surface area contributed by atoms with E-state index in [0.29, 0.717) is 3.17 Å². The van der Waals surface area contributed by atoms with Crippen LogP contribution in [0.15, 0.2) is 0 Å². The molecule has 0 spiro atoms. The van der Waals surface area contributed by atoms with Gasteiger partial charge in [0.1, 0.15) is 0 Å². The van der Waals surface area contributed by atoms with E-state index in [1.54, 1.807) is 0 Å². The van der Waals surface area contributed by atoms with Crippen molar-refractivity contribution in [3.63, 3.8) is 0 Å². The quantitative estimate of drug-likeness (QED) is 0.340. The monoisotopic (exact) mass is 288 g/mol. The number of hydrogen-bond acceptors (Lipinski definition) is 3. The molecule has 0 rings (SSSR count). The zero-order valence-electron chi connectivity index (χ0n) is 11.7. The van der Waals surface area contributed by atoms with Gasteiger partial charge in [-0.1, -0.05) is 0 Å². The summed E-state index contributed by atoms with van der Waals surface area (Å²) in [5, 5.41) is 0. The molecule has 1 N–H and O–H groups in total. The summed E-state index contributed by atoms with van der Waals surface area (Å²) in [6.07, 6.45) is 11.3. The van der Waals surface area contributed by atoms with Crippen molar-refractivity contribution >= 4 is 38.3 Å². The topological polar surface area (TPSA) is 63.6 Å². The summed E-state index contributed by atoms with van der Waals surface area (Å²) in [5.41, 5.74) is 0. The Labute approximate surface area is 129 Å². The molecule has 0 heterocycles. The van der Waals surface area contributed by atoms with Crippen molar-refractivity contribution in [2.24, 2.45) is 0 Å². The summed E-state index contributed by atoms with van der Waals surface area (Å²) in [7, 11) is -4.25. The third-order valence-corrected chi connectivity index (χ3v) is 4.40. The number of rotatable bonds is 12. The van der Waals surface area contributed by atoms with Crippen LogP contribution in [-0.2, 0) is 14.6 Å². The maximum atomic E-state index is 10.4. The van der Waals surface area contributed by atoms with Gasteiger partial charge < -0.3 is 0 Å². The van der Waals surface area contributed by atoms with Crippen molar-refractivity contribution in [2.45, 2.75) is 67.9 Å². The molecule has 1 atom stereocenters. The maximum absolute atomic E-state index is 10.4. The third-order valence-electron chi connectivity index (χ3n) is 3.05. The second-order valence-corrected chi connectivity index (χ2v) is 7.81.